The number of rotatable bonds is 5. The molecular formula is C15H13ClF2O2. The second-order valence-corrected chi connectivity index (χ2v) is 4.30. The quantitative estimate of drug-likeness (QED) is 0.731. The molecule has 0 aromatic heterocycles. The lowest BCUT2D eigenvalue weighted by Crippen LogP contribution is -1.95. The van der Waals surface area contributed by atoms with Gasteiger partial charge in [-0.05, 0) is 48.9 Å². The molecule has 0 bridgehead atoms. The molecule has 0 saturated carbocycles. The third kappa shape index (κ3) is 3.39. The number of hydrogen-bond acceptors (Lipinski definition) is 2. The van der Waals surface area contributed by atoms with Crippen LogP contribution in [-0.2, 0) is 5.88 Å². The highest BCUT2D eigenvalue weighted by atomic mass is 35.5. The van der Waals surface area contributed by atoms with Gasteiger partial charge < -0.3 is 9.47 Å². The maximum absolute atomic E-state index is 13.7. The van der Waals surface area contributed by atoms with Gasteiger partial charge in [0, 0.05) is 5.88 Å². The largest absolute Gasteiger partial charge is 0.494 e. The molecule has 0 atom stereocenters. The Labute approximate surface area is 120 Å². The van der Waals surface area contributed by atoms with Crippen molar-refractivity contribution in [1.82, 2.24) is 0 Å². The summed E-state index contributed by atoms with van der Waals surface area (Å²) in [4.78, 5) is 0. The zero-order valence-corrected chi connectivity index (χ0v) is 11.6. The Morgan fingerprint density at radius 2 is 1.55 bits per heavy atom. The van der Waals surface area contributed by atoms with Crippen LogP contribution in [0.25, 0.3) is 0 Å². The van der Waals surface area contributed by atoms with Gasteiger partial charge in [0.15, 0.2) is 17.4 Å². The van der Waals surface area contributed by atoms with Gasteiger partial charge in [-0.15, -0.1) is 11.6 Å². The SMILES string of the molecule is CCOc1ccc(Oc2c(F)cc(CCl)cc2F)cc1. The van der Waals surface area contributed by atoms with Crippen molar-refractivity contribution in [3.63, 3.8) is 0 Å². The summed E-state index contributed by atoms with van der Waals surface area (Å²) in [5.74, 6) is -0.979. The Bertz CT molecular complexity index is 562. The van der Waals surface area contributed by atoms with E-state index in [1.54, 1.807) is 24.3 Å². The van der Waals surface area contributed by atoms with Crippen LogP contribution in [0.5, 0.6) is 17.2 Å². The van der Waals surface area contributed by atoms with Crippen molar-refractivity contribution in [3.05, 3.63) is 53.6 Å². The first-order valence-electron chi connectivity index (χ1n) is 6.08. The van der Waals surface area contributed by atoms with Crippen molar-refractivity contribution < 1.29 is 18.3 Å². The number of hydrogen-bond donors (Lipinski definition) is 0. The second kappa shape index (κ2) is 6.57. The normalized spacial score (nSPS) is 10.4. The van der Waals surface area contributed by atoms with Crippen molar-refractivity contribution >= 4 is 11.6 Å². The van der Waals surface area contributed by atoms with Gasteiger partial charge in [-0.25, -0.2) is 8.78 Å². The van der Waals surface area contributed by atoms with Gasteiger partial charge in [-0.1, -0.05) is 0 Å². The lowest BCUT2D eigenvalue weighted by atomic mass is 10.2. The van der Waals surface area contributed by atoms with E-state index in [2.05, 4.69) is 0 Å². The summed E-state index contributed by atoms with van der Waals surface area (Å²) in [6.45, 7) is 2.41. The van der Waals surface area contributed by atoms with Crippen LogP contribution in [0.15, 0.2) is 36.4 Å². The summed E-state index contributed by atoms with van der Waals surface area (Å²) in [5, 5.41) is 0. The number of benzene rings is 2. The molecule has 0 N–H and O–H groups in total. The van der Waals surface area contributed by atoms with E-state index in [0.717, 1.165) is 12.1 Å². The highest BCUT2D eigenvalue weighted by Crippen LogP contribution is 2.30. The highest BCUT2D eigenvalue weighted by Gasteiger charge is 2.13. The second-order valence-electron chi connectivity index (χ2n) is 4.03. The molecule has 0 unspecified atom stereocenters. The average molecular weight is 299 g/mol. The molecule has 0 heterocycles. The minimum Gasteiger partial charge on any atom is -0.494 e. The predicted molar refractivity (Wildman–Crippen MR) is 73.6 cm³/mol. The van der Waals surface area contributed by atoms with Crippen molar-refractivity contribution in [3.8, 4) is 17.2 Å². The van der Waals surface area contributed by atoms with E-state index in [9.17, 15) is 8.78 Å². The summed E-state index contributed by atoms with van der Waals surface area (Å²) >= 11 is 5.54. The molecule has 0 aliphatic carbocycles. The molecule has 2 rings (SSSR count). The first-order valence-corrected chi connectivity index (χ1v) is 6.62. The molecule has 5 heteroatoms. The van der Waals surface area contributed by atoms with Crippen molar-refractivity contribution in [2.75, 3.05) is 6.61 Å². The number of alkyl halides is 1. The number of halogens is 3. The van der Waals surface area contributed by atoms with E-state index >= 15 is 0 Å². The minimum absolute atomic E-state index is 0.0389. The summed E-state index contributed by atoms with van der Waals surface area (Å²) in [7, 11) is 0. The van der Waals surface area contributed by atoms with Gasteiger partial charge in [0.25, 0.3) is 0 Å². The van der Waals surface area contributed by atoms with E-state index in [4.69, 9.17) is 21.1 Å². The third-order valence-electron chi connectivity index (χ3n) is 2.57. The third-order valence-corrected chi connectivity index (χ3v) is 2.88. The Kier molecular flexibility index (Phi) is 4.79. The van der Waals surface area contributed by atoms with Crippen molar-refractivity contribution in [2.45, 2.75) is 12.8 Å². The topological polar surface area (TPSA) is 18.5 Å². The first-order chi connectivity index (χ1) is 9.63. The maximum Gasteiger partial charge on any atom is 0.198 e. The molecule has 0 aliphatic rings. The van der Waals surface area contributed by atoms with E-state index in [0.29, 0.717) is 23.7 Å². The van der Waals surface area contributed by atoms with Crippen LogP contribution in [0.2, 0.25) is 0 Å². The number of ether oxygens (including phenoxy) is 2. The van der Waals surface area contributed by atoms with E-state index in [1.807, 2.05) is 6.92 Å². The molecule has 0 amide bonds. The molecule has 106 valence electrons. The zero-order valence-electron chi connectivity index (χ0n) is 10.8. The van der Waals surface area contributed by atoms with Crippen LogP contribution < -0.4 is 9.47 Å². The Morgan fingerprint density at radius 1 is 1.00 bits per heavy atom. The van der Waals surface area contributed by atoms with Crippen LogP contribution in [0.1, 0.15) is 12.5 Å². The van der Waals surface area contributed by atoms with Gasteiger partial charge >= 0.3 is 0 Å². The van der Waals surface area contributed by atoms with Gasteiger partial charge in [0.05, 0.1) is 6.61 Å². The molecule has 0 fully saturated rings. The fourth-order valence-electron chi connectivity index (χ4n) is 1.68. The molecule has 2 aromatic carbocycles. The standard InChI is InChI=1S/C15H13ClF2O2/c1-2-19-11-3-5-12(6-4-11)20-15-13(17)7-10(9-16)8-14(15)18/h3-8H,2,9H2,1H3. The van der Waals surface area contributed by atoms with Crippen LogP contribution in [0, 0.1) is 11.6 Å². The molecule has 0 spiro atoms. The van der Waals surface area contributed by atoms with Crippen molar-refractivity contribution in [1.29, 1.82) is 0 Å². The molecule has 0 radical (unpaired) electrons. The van der Waals surface area contributed by atoms with Crippen LogP contribution in [0.4, 0.5) is 8.78 Å². The van der Waals surface area contributed by atoms with E-state index < -0.39 is 17.4 Å². The monoisotopic (exact) mass is 298 g/mol. The molecule has 0 saturated heterocycles. The summed E-state index contributed by atoms with van der Waals surface area (Å²) in [6.07, 6.45) is 0. The maximum atomic E-state index is 13.7. The smallest absolute Gasteiger partial charge is 0.198 e. The summed E-state index contributed by atoms with van der Waals surface area (Å²) < 4.78 is 38.0. The summed E-state index contributed by atoms with van der Waals surface area (Å²) in [5.41, 5.74) is 0.362. The van der Waals surface area contributed by atoms with Crippen LogP contribution >= 0.6 is 11.6 Å². The highest BCUT2D eigenvalue weighted by molar-refractivity contribution is 6.17. The van der Waals surface area contributed by atoms with Gasteiger partial charge in [0.1, 0.15) is 11.5 Å². The van der Waals surface area contributed by atoms with E-state index in [1.165, 1.54) is 0 Å². The molecule has 2 nitrogen and oxygen atoms in total. The first kappa shape index (κ1) is 14.6. The van der Waals surface area contributed by atoms with Crippen LogP contribution in [0.3, 0.4) is 0 Å². The Balaban J connectivity index is 2.21. The van der Waals surface area contributed by atoms with Crippen LogP contribution in [-0.4, -0.2) is 6.61 Å². The van der Waals surface area contributed by atoms with E-state index in [-0.39, 0.29) is 5.88 Å². The Hall–Kier alpha value is -1.81. The predicted octanol–water partition coefficient (Wildman–Crippen LogP) is 4.89. The average Bonchev–Trinajstić information content (AvgIpc) is 2.44. The summed E-state index contributed by atoms with van der Waals surface area (Å²) in [6, 6.07) is 8.81. The Morgan fingerprint density at radius 3 is 2.05 bits per heavy atom. The minimum atomic E-state index is -0.783. The lowest BCUT2D eigenvalue weighted by Gasteiger charge is -2.10. The molecular weight excluding hydrogens is 286 g/mol. The zero-order chi connectivity index (χ0) is 14.5. The fourth-order valence-corrected chi connectivity index (χ4v) is 1.83. The fraction of sp³-hybridized carbons (Fsp3) is 0.200. The van der Waals surface area contributed by atoms with Gasteiger partial charge in [-0.2, -0.15) is 0 Å². The molecule has 2 aromatic rings. The van der Waals surface area contributed by atoms with Gasteiger partial charge in [0.2, 0.25) is 0 Å². The molecule has 20 heavy (non-hydrogen) atoms. The lowest BCUT2D eigenvalue weighted by molar-refractivity contribution is 0.339. The van der Waals surface area contributed by atoms with Crippen molar-refractivity contribution in [2.24, 2.45) is 0 Å². The molecule has 0 aliphatic heterocycles. The van der Waals surface area contributed by atoms with Gasteiger partial charge in [-0.3, -0.25) is 0 Å².